The number of hydrogen-bond acceptors (Lipinski definition) is 4. The maximum atomic E-state index is 5.79. The molecule has 1 aromatic heterocycles. The van der Waals surface area contributed by atoms with Gasteiger partial charge in [-0.05, 0) is 36.2 Å². The van der Waals surface area contributed by atoms with Crippen LogP contribution in [-0.4, -0.2) is 23.0 Å². The lowest BCUT2D eigenvalue weighted by atomic mass is 10.0. The third kappa shape index (κ3) is 3.23. The molecule has 0 aliphatic carbocycles. The molecule has 0 spiro atoms. The molecule has 116 valence electrons. The lowest BCUT2D eigenvalue weighted by Gasteiger charge is -2.09. The number of hydrogen-bond donors (Lipinski definition) is 1. The summed E-state index contributed by atoms with van der Waals surface area (Å²) in [6.45, 7) is 1.88. The number of ether oxygens (including phenoxy) is 1. The zero-order valence-electron chi connectivity index (χ0n) is 13.1. The first kappa shape index (κ1) is 14.8. The number of aryl methyl sites for hydroxylation is 1. The molecule has 0 amide bonds. The molecule has 23 heavy (non-hydrogen) atoms. The third-order valence-electron chi connectivity index (χ3n) is 3.47. The molecule has 0 atom stereocenters. The van der Waals surface area contributed by atoms with E-state index in [0.29, 0.717) is 5.95 Å². The Balaban J connectivity index is 1.97. The van der Waals surface area contributed by atoms with E-state index in [1.54, 1.807) is 24.2 Å². The first-order chi connectivity index (χ1) is 11.2. The highest BCUT2D eigenvalue weighted by atomic mass is 16.5. The summed E-state index contributed by atoms with van der Waals surface area (Å²) in [4.78, 5) is 4.12. The largest absolute Gasteiger partial charge is 0.496 e. The second-order valence-corrected chi connectivity index (χ2v) is 5.16. The van der Waals surface area contributed by atoms with E-state index in [9.17, 15) is 0 Å². The molecule has 3 rings (SSSR count). The third-order valence-corrected chi connectivity index (χ3v) is 3.47. The number of methoxy groups -OCH3 is 1. The van der Waals surface area contributed by atoms with Gasteiger partial charge in [0.25, 0.3) is 0 Å². The van der Waals surface area contributed by atoms with Gasteiger partial charge in [0.2, 0.25) is 5.95 Å². The zero-order valence-corrected chi connectivity index (χ0v) is 13.1. The summed E-state index contributed by atoms with van der Waals surface area (Å²) in [6, 6.07) is 16.0. The molecule has 0 bridgehead atoms. The van der Waals surface area contributed by atoms with Crippen LogP contribution in [0.25, 0.3) is 11.1 Å². The summed E-state index contributed by atoms with van der Waals surface area (Å²) in [7, 11) is 1.67. The van der Waals surface area contributed by atoms with Crippen molar-refractivity contribution in [2.45, 2.75) is 6.92 Å². The Kier molecular flexibility index (Phi) is 4.10. The fourth-order valence-corrected chi connectivity index (χ4v) is 2.37. The predicted octanol–water partition coefficient (Wildman–Crippen LogP) is 3.33. The topological polar surface area (TPSA) is 65.4 Å². The molecule has 0 aliphatic rings. The van der Waals surface area contributed by atoms with Gasteiger partial charge < -0.3 is 10.5 Å². The van der Waals surface area contributed by atoms with Crippen LogP contribution in [0.1, 0.15) is 11.3 Å². The molecule has 2 N–H and O–H groups in total. The van der Waals surface area contributed by atoms with Crippen molar-refractivity contribution in [2.75, 3.05) is 12.8 Å². The molecular weight excluding hydrogens is 288 g/mol. The fraction of sp³-hybridized carbons (Fsp3) is 0.111. The van der Waals surface area contributed by atoms with E-state index < -0.39 is 0 Å². The van der Waals surface area contributed by atoms with Gasteiger partial charge in [0, 0.05) is 5.56 Å². The van der Waals surface area contributed by atoms with Crippen molar-refractivity contribution in [3.8, 4) is 16.9 Å². The van der Waals surface area contributed by atoms with Crippen LogP contribution in [-0.2, 0) is 0 Å². The van der Waals surface area contributed by atoms with E-state index in [4.69, 9.17) is 10.5 Å². The Morgan fingerprint density at radius 3 is 2.61 bits per heavy atom. The van der Waals surface area contributed by atoms with Gasteiger partial charge in [-0.1, -0.05) is 30.3 Å². The molecule has 0 unspecified atom stereocenters. The summed E-state index contributed by atoms with van der Waals surface area (Å²) in [6.07, 6.45) is 3.54. The van der Waals surface area contributed by atoms with Crippen LogP contribution < -0.4 is 10.5 Å². The van der Waals surface area contributed by atoms with Crippen LogP contribution >= 0.6 is 0 Å². The summed E-state index contributed by atoms with van der Waals surface area (Å²) in [5.74, 6) is 1.20. The number of benzene rings is 2. The van der Waals surface area contributed by atoms with Crippen molar-refractivity contribution in [2.24, 2.45) is 5.10 Å². The molecule has 5 heteroatoms. The summed E-state index contributed by atoms with van der Waals surface area (Å²) < 4.78 is 7.02. The Bertz CT molecular complexity index is 837. The Morgan fingerprint density at radius 2 is 1.96 bits per heavy atom. The standard InChI is InChI=1S/C18H18N4O/c1-13-12-22(18(19)21-13)20-11-14-8-9-17(23-2)16(10-14)15-6-4-3-5-7-15/h3-12H,1-2H3,(H2,19,21). The smallest absolute Gasteiger partial charge is 0.221 e. The van der Waals surface area contributed by atoms with Gasteiger partial charge >= 0.3 is 0 Å². The molecule has 0 aliphatic heterocycles. The van der Waals surface area contributed by atoms with Gasteiger partial charge in [-0.2, -0.15) is 5.10 Å². The SMILES string of the molecule is COc1ccc(C=Nn2cc(C)nc2N)cc1-c1ccccc1. The van der Waals surface area contributed by atoms with E-state index in [1.807, 2.05) is 43.3 Å². The number of nitrogen functional groups attached to an aromatic ring is 1. The molecule has 0 radical (unpaired) electrons. The molecule has 1 heterocycles. The second-order valence-electron chi connectivity index (χ2n) is 5.16. The second kappa shape index (κ2) is 6.36. The molecule has 5 nitrogen and oxygen atoms in total. The van der Waals surface area contributed by atoms with Crippen molar-refractivity contribution in [1.82, 2.24) is 9.66 Å². The molecule has 0 saturated heterocycles. The van der Waals surface area contributed by atoms with E-state index in [1.165, 1.54) is 0 Å². The van der Waals surface area contributed by atoms with Crippen LogP contribution in [0, 0.1) is 6.92 Å². The summed E-state index contributed by atoms with van der Waals surface area (Å²) in [5, 5.41) is 4.35. The van der Waals surface area contributed by atoms with Crippen LogP contribution in [0.15, 0.2) is 59.8 Å². The van der Waals surface area contributed by atoms with Crippen LogP contribution in [0.5, 0.6) is 5.75 Å². The molecule has 3 aromatic rings. The van der Waals surface area contributed by atoms with Gasteiger partial charge in [0.05, 0.1) is 25.2 Å². The van der Waals surface area contributed by atoms with Crippen molar-refractivity contribution >= 4 is 12.2 Å². The highest BCUT2D eigenvalue weighted by molar-refractivity contribution is 5.84. The molecule has 0 fully saturated rings. The Labute approximate surface area is 135 Å². The first-order valence-electron chi connectivity index (χ1n) is 7.26. The minimum absolute atomic E-state index is 0.371. The number of rotatable bonds is 4. The number of aromatic nitrogens is 2. The van der Waals surface area contributed by atoms with Crippen LogP contribution in [0.2, 0.25) is 0 Å². The van der Waals surface area contributed by atoms with Gasteiger partial charge in [-0.25, -0.2) is 9.66 Å². The van der Waals surface area contributed by atoms with Crippen molar-refractivity contribution in [1.29, 1.82) is 0 Å². The highest BCUT2D eigenvalue weighted by Crippen LogP contribution is 2.30. The number of anilines is 1. The van der Waals surface area contributed by atoms with Crippen LogP contribution in [0.4, 0.5) is 5.95 Å². The van der Waals surface area contributed by atoms with E-state index in [2.05, 4.69) is 22.2 Å². The summed E-state index contributed by atoms with van der Waals surface area (Å²) >= 11 is 0. The van der Waals surface area contributed by atoms with Gasteiger partial charge in [0.15, 0.2) is 0 Å². The minimum atomic E-state index is 0.371. The molecule has 2 aromatic carbocycles. The van der Waals surface area contributed by atoms with Crippen LogP contribution in [0.3, 0.4) is 0 Å². The summed E-state index contributed by atoms with van der Waals surface area (Å²) in [5.41, 5.74) is 9.69. The number of nitrogens with zero attached hydrogens (tertiary/aromatic N) is 3. The maximum Gasteiger partial charge on any atom is 0.221 e. The van der Waals surface area contributed by atoms with Crippen molar-refractivity contribution in [3.63, 3.8) is 0 Å². The number of imidazole rings is 1. The van der Waals surface area contributed by atoms with E-state index >= 15 is 0 Å². The Morgan fingerprint density at radius 1 is 1.17 bits per heavy atom. The van der Waals surface area contributed by atoms with Crippen molar-refractivity contribution < 1.29 is 4.74 Å². The van der Waals surface area contributed by atoms with E-state index in [-0.39, 0.29) is 0 Å². The molecular formula is C18H18N4O. The maximum absolute atomic E-state index is 5.79. The number of nitrogens with two attached hydrogens (primary N) is 1. The highest BCUT2D eigenvalue weighted by Gasteiger charge is 2.06. The van der Waals surface area contributed by atoms with Crippen molar-refractivity contribution in [3.05, 3.63) is 66.0 Å². The average Bonchev–Trinajstić information content (AvgIpc) is 2.91. The normalized spacial score (nSPS) is 11.0. The zero-order chi connectivity index (χ0) is 16.2. The fourth-order valence-electron chi connectivity index (χ4n) is 2.37. The van der Waals surface area contributed by atoms with Gasteiger partial charge in [-0.15, -0.1) is 0 Å². The Hall–Kier alpha value is -3.08. The monoisotopic (exact) mass is 306 g/mol. The minimum Gasteiger partial charge on any atom is -0.496 e. The van der Waals surface area contributed by atoms with Gasteiger partial charge in [-0.3, -0.25) is 0 Å². The first-order valence-corrected chi connectivity index (χ1v) is 7.26. The average molecular weight is 306 g/mol. The van der Waals surface area contributed by atoms with Gasteiger partial charge in [0.1, 0.15) is 5.75 Å². The molecule has 0 saturated carbocycles. The lowest BCUT2D eigenvalue weighted by Crippen LogP contribution is -1.97. The lowest BCUT2D eigenvalue weighted by molar-refractivity contribution is 0.416. The predicted molar refractivity (Wildman–Crippen MR) is 92.8 cm³/mol. The van der Waals surface area contributed by atoms with E-state index in [0.717, 1.165) is 28.1 Å². The quantitative estimate of drug-likeness (QED) is 0.752.